The zero-order chi connectivity index (χ0) is 29.6. The molecule has 222 valence electrons. The van der Waals surface area contributed by atoms with Gasteiger partial charge in [0.25, 0.3) is 0 Å². The third-order valence-electron chi connectivity index (χ3n) is 9.00. The second-order valence-corrected chi connectivity index (χ2v) is 14.5. The van der Waals surface area contributed by atoms with Gasteiger partial charge in [-0.2, -0.15) is 0 Å². The van der Waals surface area contributed by atoms with Crippen molar-refractivity contribution in [2.24, 2.45) is 5.92 Å². The van der Waals surface area contributed by atoms with Crippen LogP contribution in [0.15, 0.2) is 48.5 Å². The molecule has 3 aromatic rings. The maximum absolute atomic E-state index is 14.7. The van der Waals surface area contributed by atoms with Gasteiger partial charge < -0.3 is 20.3 Å². The van der Waals surface area contributed by atoms with Crippen molar-refractivity contribution in [2.75, 3.05) is 23.4 Å². The molecule has 1 saturated carbocycles. The van der Waals surface area contributed by atoms with Crippen molar-refractivity contribution < 1.29 is 32.6 Å². The maximum atomic E-state index is 14.7. The Bertz CT molecular complexity index is 1640. The van der Waals surface area contributed by atoms with E-state index >= 15 is 0 Å². The Morgan fingerprint density at radius 1 is 1.07 bits per heavy atom. The van der Waals surface area contributed by atoms with Crippen LogP contribution in [0.5, 0.6) is 5.75 Å². The molecule has 0 unspecified atom stereocenters. The summed E-state index contributed by atoms with van der Waals surface area (Å²) in [6.07, 6.45) is 3.70. The van der Waals surface area contributed by atoms with Crippen molar-refractivity contribution in [1.29, 1.82) is 0 Å². The molecule has 2 fully saturated rings. The number of aryl methyl sites for hydroxylation is 3. The van der Waals surface area contributed by atoms with Gasteiger partial charge in [0.2, 0.25) is 0 Å². The quantitative estimate of drug-likeness (QED) is 0.320. The molecule has 6 rings (SSSR count). The van der Waals surface area contributed by atoms with Crippen molar-refractivity contribution >= 4 is 21.5 Å². The summed E-state index contributed by atoms with van der Waals surface area (Å²) in [5, 5.41) is 23.3. The number of rotatable bonds is 8. The van der Waals surface area contributed by atoms with Gasteiger partial charge in [-0.1, -0.05) is 18.2 Å². The predicted molar refractivity (Wildman–Crippen MR) is 159 cm³/mol. The highest BCUT2D eigenvalue weighted by Crippen LogP contribution is 2.48. The van der Waals surface area contributed by atoms with Gasteiger partial charge in [0.15, 0.2) is 9.84 Å². The number of carboxylic acid groups (broad SMARTS) is 1. The Kier molecular flexibility index (Phi) is 7.51. The summed E-state index contributed by atoms with van der Waals surface area (Å²) in [5.74, 6) is -1.33. The number of sulfone groups is 1. The molecule has 2 atom stereocenters. The average molecular weight is 594 g/mol. The van der Waals surface area contributed by atoms with Gasteiger partial charge in [0.05, 0.1) is 17.4 Å². The summed E-state index contributed by atoms with van der Waals surface area (Å²) in [6.45, 7) is 2.64. The minimum absolute atomic E-state index is 0.0159. The van der Waals surface area contributed by atoms with Crippen LogP contribution in [0.3, 0.4) is 0 Å². The number of hydrogen-bond donors (Lipinski definition) is 3. The smallest absolute Gasteiger partial charge is 0.307 e. The lowest BCUT2D eigenvalue weighted by atomic mass is 9.91. The van der Waals surface area contributed by atoms with Crippen molar-refractivity contribution in [3.63, 3.8) is 0 Å². The van der Waals surface area contributed by atoms with E-state index in [0.717, 1.165) is 30.4 Å². The van der Waals surface area contributed by atoms with E-state index in [1.807, 2.05) is 18.2 Å². The third-order valence-corrected chi connectivity index (χ3v) is 10.6. The number of anilines is 1. The number of ether oxygens (including phenoxy) is 1. The third kappa shape index (κ3) is 6.03. The molecule has 3 N–H and O–H groups in total. The molecular formula is C33H36FNO6S. The van der Waals surface area contributed by atoms with E-state index in [1.165, 1.54) is 28.3 Å². The zero-order valence-electron chi connectivity index (χ0n) is 23.7. The van der Waals surface area contributed by atoms with Crippen LogP contribution in [-0.2, 0) is 34.0 Å². The molecule has 0 amide bonds. The predicted octanol–water partition coefficient (Wildman–Crippen LogP) is 5.41. The van der Waals surface area contributed by atoms with E-state index in [2.05, 4.69) is 30.4 Å². The topological polar surface area (TPSA) is 113 Å². The Labute approximate surface area is 245 Å². The molecule has 3 aromatic carbocycles. The summed E-state index contributed by atoms with van der Waals surface area (Å²) in [4.78, 5) is 11.2. The largest absolute Gasteiger partial charge is 0.491 e. The number of carbonyl (C=O) groups is 1. The number of nitrogens with one attached hydrogen (secondary N) is 1. The van der Waals surface area contributed by atoms with Crippen LogP contribution in [0.4, 0.5) is 10.1 Å². The summed E-state index contributed by atoms with van der Waals surface area (Å²) in [6, 6.07) is 15.4. The standard InChI is InChI=1S/C33H36FNO6S/c1-20-13-25(41-19-33(38)9-11-42(39,40)12-10-33)15-23-4-2-3-22-6-5-21(14-27(22)31(20)23)18-35-24-7-8-26(30(34)16-24)28-17-29(28)32(36)37/h5-8,13-16,28-29,35,38H,2-4,9-12,17-19H2,1H3,(H,36,37)/t28-,29+/m1/s1. The lowest BCUT2D eigenvalue weighted by Gasteiger charge is -2.31. The van der Waals surface area contributed by atoms with Gasteiger partial charge >= 0.3 is 5.97 Å². The van der Waals surface area contributed by atoms with Crippen molar-refractivity contribution in [2.45, 2.75) is 63.5 Å². The molecule has 0 spiro atoms. The summed E-state index contributed by atoms with van der Waals surface area (Å²) in [5.41, 5.74) is 6.94. The Morgan fingerprint density at radius 3 is 2.55 bits per heavy atom. The highest BCUT2D eigenvalue weighted by molar-refractivity contribution is 7.91. The number of hydrogen-bond acceptors (Lipinski definition) is 6. The highest BCUT2D eigenvalue weighted by Gasteiger charge is 2.45. The van der Waals surface area contributed by atoms with Crippen molar-refractivity contribution in [1.82, 2.24) is 0 Å². The van der Waals surface area contributed by atoms with Crippen LogP contribution >= 0.6 is 0 Å². The van der Waals surface area contributed by atoms with Gasteiger partial charge in [0.1, 0.15) is 23.8 Å². The Morgan fingerprint density at radius 2 is 1.83 bits per heavy atom. The van der Waals surface area contributed by atoms with Crippen molar-refractivity contribution in [3.05, 3.63) is 82.2 Å². The van der Waals surface area contributed by atoms with Gasteiger partial charge in [-0.15, -0.1) is 0 Å². The molecule has 2 aliphatic carbocycles. The van der Waals surface area contributed by atoms with E-state index in [0.29, 0.717) is 30.0 Å². The normalized spacial score (nSPS) is 21.9. The van der Waals surface area contributed by atoms with Crippen LogP contribution in [0.25, 0.3) is 11.1 Å². The highest BCUT2D eigenvalue weighted by atomic mass is 32.2. The number of aliphatic hydroxyl groups is 1. The average Bonchev–Trinajstić information content (AvgIpc) is 3.76. The van der Waals surface area contributed by atoms with E-state index in [9.17, 15) is 22.7 Å². The van der Waals surface area contributed by atoms with Gasteiger partial charge in [-0.05, 0) is 115 Å². The maximum Gasteiger partial charge on any atom is 0.307 e. The van der Waals surface area contributed by atoms with Crippen LogP contribution in [0.1, 0.15) is 59.4 Å². The van der Waals surface area contributed by atoms with Crippen LogP contribution < -0.4 is 10.1 Å². The molecule has 42 heavy (non-hydrogen) atoms. The Hall–Kier alpha value is -3.43. The number of aliphatic carboxylic acids is 1. The molecule has 0 radical (unpaired) electrons. The van der Waals surface area contributed by atoms with Gasteiger partial charge in [-0.3, -0.25) is 4.79 Å². The van der Waals surface area contributed by atoms with Crippen molar-refractivity contribution in [3.8, 4) is 16.9 Å². The first-order valence-electron chi connectivity index (χ1n) is 14.6. The fourth-order valence-corrected chi connectivity index (χ4v) is 7.96. The SMILES string of the molecule is Cc1cc(OCC2(O)CCS(=O)(=O)CC2)cc2c1-c1cc(CNc3ccc([C@H]4C[C@@H]4C(=O)O)c(F)c3)ccc1CCC2. The number of fused-ring (bicyclic) bond motifs is 3. The Balaban J connectivity index is 1.17. The lowest BCUT2D eigenvalue weighted by molar-refractivity contribution is -0.138. The van der Waals surface area contributed by atoms with Crippen LogP contribution in [0, 0.1) is 18.7 Å². The minimum Gasteiger partial charge on any atom is -0.491 e. The monoisotopic (exact) mass is 593 g/mol. The van der Waals surface area contributed by atoms with Gasteiger partial charge in [0, 0.05) is 18.2 Å². The minimum atomic E-state index is -3.08. The first-order valence-corrected chi connectivity index (χ1v) is 16.4. The first-order chi connectivity index (χ1) is 20.0. The summed E-state index contributed by atoms with van der Waals surface area (Å²) in [7, 11) is -3.08. The summed E-state index contributed by atoms with van der Waals surface area (Å²) >= 11 is 0. The summed E-state index contributed by atoms with van der Waals surface area (Å²) < 4.78 is 44.3. The molecule has 9 heteroatoms. The van der Waals surface area contributed by atoms with E-state index in [4.69, 9.17) is 9.84 Å². The molecule has 1 aliphatic heterocycles. The number of benzene rings is 3. The fourth-order valence-electron chi connectivity index (χ4n) is 6.38. The van der Waals surface area contributed by atoms with Crippen LogP contribution in [-0.4, -0.2) is 48.3 Å². The second kappa shape index (κ2) is 11.0. The van der Waals surface area contributed by atoms with E-state index in [1.54, 1.807) is 6.07 Å². The zero-order valence-corrected chi connectivity index (χ0v) is 24.5. The molecular weight excluding hydrogens is 557 g/mol. The van der Waals surface area contributed by atoms with Gasteiger partial charge in [-0.25, -0.2) is 12.8 Å². The lowest BCUT2D eigenvalue weighted by Crippen LogP contribution is -2.43. The molecule has 1 heterocycles. The number of halogens is 1. The second-order valence-electron chi connectivity index (χ2n) is 12.2. The molecule has 7 nitrogen and oxygen atoms in total. The van der Waals surface area contributed by atoms with E-state index < -0.39 is 27.3 Å². The number of carboxylic acids is 1. The first kappa shape index (κ1) is 28.7. The molecule has 3 aliphatic rings. The molecule has 0 bridgehead atoms. The molecule has 1 saturated heterocycles. The van der Waals surface area contributed by atoms with Crippen LogP contribution in [0.2, 0.25) is 0 Å². The van der Waals surface area contributed by atoms with E-state index in [-0.39, 0.29) is 42.7 Å². The molecule has 0 aromatic heterocycles. The fraction of sp³-hybridized carbons (Fsp3) is 0.424.